The third kappa shape index (κ3) is 4.12. The van der Waals surface area contributed by atoms with Gasteiger partial charge in [0.25, 0.3) is 0 Å². The molecular formula is C27H44O2. The normalized spacial score (nSPS) is 41.4. The van der Waals surface area contributed by atoms with Crippen LogP contribution in [0.3, 0.4) is 0 Å². The Morgan fingerprint density at radius 3 is 2.41 bits per heavy atom. The molecule has 0 heterocycles. The van der Waals surface area contributed by atoms with E-state index in [-0.39, 0.29) is 6.10 Å². The summed E-state index contributed by atoms with van der Waals surface area (Å²) < 4.78 is 0. The minimum absolute atomic E-state index is 0.215. The van der Waals surface area contributed by atoms with Crippen molar-refractivity contribution in [2.24, 2.45) is 53.3 Å². The predicted octanol–water partition coefficient (Wildman–Crippen LogP) is 6.42. The van der Waals surface area contributed by atoms with Crippen molar-refractivity contribution in [1.82, 2.24) is 0 Å². The Hall–Kier alpha value is -0.630. The van der Waals surface area contributed by atoms with Gasteiger partial charge in [-0.1, -0.05) is 46.1 Å². The number of carbonyl (C=O) groups is 1. The summed E-state index contributed by atoms with van der Waals surface area (Å²) in [6, 6.07) is 0. The van der Waals surface area contributed by atoms with Crippen molar-refractivity contribution in [2.75, 3.05) is 0 Å². The molecule has 2 heteroatoms. The van der Waals surface area contributed by atoms with E-state index >= 15 is 0 Å². The number of carbonyl (C=O) groups excluding carboxylic acids is 1. The van der Waals surface area contributed by atoms with Crippen molar-refractivity contribution in [3.63, 3.8) is 0 Å². The lowest BCUT2D eigenvalue weighted by atomic mass is 9.55. The smallest absolute Gasteiger partial charge is 0.159 e. The topological polar surface area (TPSA) is 37.3 Å². The number of aliphatic hydroxyl groups is 1. The maximum Gasteiger partial charge on any atom is 0.159 e. The van der Waals surface area contributed by atoms with Crippen molar-refractivity contribution >= 4 is 5.78 Å². The Labute approximate surface area is 178 Å². The molecular weight excluding hydrogens is 356 g/mol. The standard InChI is InChI=1S/C27H44O2/c1-5-18(16(2)3)7-6-17(4)21-10-12-25-23(21)11-13-24-22-9-8-20(28)14-19(22)15-26(29)27(24)25/h15-18,20-25,27-28H,5-14H2,1-4H3. The molecule has 0 spiro atoms. The van der Waals surface area contributed by atoms with Gasteiger partial charge in [-0.15, -0.1) is 0 Å². The van der Waals surface area contributed by atoms with Crippen molar-refractivity contribution in [2.45, 2.75) is 98.0 Å². The van der Waals surface area contributed by atoms with Gasteiger partial charge in [-0.05, 0) is 105 Å². The van der Waals surface area contributed by atoms with Crippen LogP contribution in [-0.2, 0) is 4.79 Å². The van der Waals surface area contributed by atoms with Gasteiger partial charge in [0.1, 0.15) is 0 Å². The van der Waals surface area contributed by atoms with Crippen LogP contribution in [-0.4, -0.2) is 17.0 Å². The van der Waals surface area contributed by atoms with Crippen molar-refractivity contribution in [3.05, 3.63) is 11.6 Å². The van der Waals surface area contributed by atoms with E-state index in [0.717, 1.165) is 48.9 Å². The first-order chi connectivity index (χ1) is 13.9. The Kier molecular flexibility index (Phi) is 6.59. The van der Waals surface area contributed by atoms with Gasteiger partial charge in [0.05, 0.1) is 6.10 Å². The summed E-state index contributed by atoms with van der Waals surface area (Å²) >= 11 is 0. The molecule has 4 rings (SSSR count). The number of ketones is 1. The highest BCUT2D eigenvalue weighted by atomic mass is 16.3. The largest absolute Gasteiger partial charge is 0.393 e. The molecule has 0 aromatic heterocycles. The molecule has 0 amide bonds. The van der Waals surface area contributed by atoms with Gasteiger partial charge in [0.2, 0.25) is 0 Å². The van der Waals surface area contributed by atoms with E-state index < -0.39 is 0 Å². The van der Waals surface area contributed by atoms with Gasteiger partial charge >= 0.3 is 0 Å². The molecule has 29 heavy (non-hydrogen) atoms. The molecule has 0 saturated heterocycles. The molecule has 0 bridgehead atoms. The lowest BCUT2D eigenvalue weighted by Gasteiger charge is -2.49. The summed E-state index contributed by atoms with van der Waals surface area (Å²) in [5, 5.41) is 10.1. The van der Waals surface area contributed by atoms with E-state index in [4.69, 9.17) is 0 Å². The minimum Gasteiger partial charge on any atom is -0.393 e. The highest BCUT2D eigenvalue weighted by Gasteiger charge is 2.53. The number of hydrogen-bond donors (Lipinski definition) is 1. The highest BCUT2D eigenvalue weighted by Crippen LogP contribution is 2.58. The van der Waals surface area contributed by atoms with Gasteiger partial charge in [-0.25, -0.2) is 0 Å². The fraction of sp³-hybridized carbons (Fsp3) is 0.889. The quantitative estimate of drug-likeness (QED) is 0.558. The first-order valence-electron chi connectivity index (χ1n) is 12.8. The maximum atomic E-state index is 13.2. The zero-order valence-electron chi connectivity index (χ0n) is 19.3. The average Bonchev–Trinajstić information content (AvgIpc) is 3.11. The van der Waals surface area contributed by atoms with Crippen molar-refractivity contribution in [1.29, 1.82) is 0 Å². The van der Waals surface area contributed by atoms with Gasteiger partial charge in [-0.2, -0.15) is 0 Å². The van der Waals surface area contributed by atoms with Gasteiger partial charge in [0, 0.05) is 5.92 Å². The Balaban J connectivity index is 1.43. The zero-order valence-corrected chi connectivity index (χ0v) is 19.3. The summed E-state index contributed by atoms with van der Waals surface area (Å²) in [7, 11) is 0. The number of fused-ring (bicyclic) bond motifs is 5. The number of rotatable bonds is 6. The van der Waals surface area contributed by atoms with Crippen LogP contribution < -0.4 is 0 Å². The Morgan fingerprint density at radius 1 is 0.966 bits per heavy atom. The van der Waals surface area contributed by atoms with E-state index in [1.54, 1.807) is 0 Å². The molecule has 3 saturated carbocycles. The predicted molar refractivity (Wildman–Crippen MR) is 119 cm³/mol. The fourth-order valence-corrected chi connectivity index (χ4v) is 8.18. The van der Waals surface area contributed by atoms with E-state index in [0.29, 0.717) is 29.5 Å². The molecule has 0 aromatic rings. The summed E-state index contributed by atoms with van der Waals surface area (Å²) in [5.74, 6) is 6.65. The lowest BCUT2D eigenvalue weighted by molar-refractivity contribution is -0.127. The summed E-state index contributed by atoms with van der Waals surface area (Å²) in [6.07, 6.45) is 13.9. The van der Waals surface area contributed by atoms with Crippen LogP contribution in [0.4, 0.5) is 0 Å². The second-order valence-corrected chi connectivity index (χ2v) is 11.5. The molecule has 4 aliphatic rings. The van der Waals surface area contributed by atoms with Gasteiger partial charge in [0.15, 0.2) is 5.78 Å². The second kappa shape index (κ2) is 8.85. The molecule has 2 nitrogen and oxygen atoms in total. The van der Waals surface area contributed by atoms with Gasteiger partial charge in [-0.3, -0.25) is 4.79 Å². The maximum absolute atomic E-state index is 13.2. The Bertz CT molecular complexity index is 620. The van der Waals surface area contributed by atoms with Crippen molar-refractivity contribution < 1.29 is 9.90 Å². The minimum atomic E-state index is -0.215. The van der Waals surface area contributed by atoms with E-state index in [9.17, 15) is 9.90 Å². The third-order valence-electron chi connectivity index (χ3n) is 9.81. The average molecular weight is 401 g/mol. The molecule has 0 radical (unpaired) electrons. The van der Waals surface area contributed by atoms with E-state index in [1.165, 1.54) is 50.5 Å². The molecule has 9 unspecified atom stereocenters. The number of hydrogen-bond acceptors (Lipinski definition) is 2. The molecule has 1 N–H and O–H groups in total. The van der Waals surface area contributed by atoms with Gasteiger partial charge < -0.3 is 5.11 Å². The fourth-order valence-electron chi connectivity index (χ4n) is 8.18. The first-order valence-corrected chi connectivity index (χ1v) is 12.8. The zero-order chi connectivity index (χ0) is 20.7. The summed E-state index contributed by atoms with van der Waals surface area (Å²) in [5.41, 5.74) is 1.29. The molecule has 4 aliphatic carbocycles. The molecule has 0 aromatic carbocycles. The molecule has 3 fully saturated rings. The monoisotopic (exact) mass is 400 g/mol. The summed E-state index contributed by atoms with van der Waals surface area (Å²) in [4.78, 5) is 13.2. The molecule has 164 valence electrons. The SMILES string of the molecule is CCC(CCC(C)C1CCC2C1CCC1C3CCC(O)CC3=CC(=O)C12)C(C)C. The highest BCUT2D eigenvalue weighted by molar-refractivity contribution is 5.94. The van der Waals surface area contributed by atoms with E-state index in [1.807, 2.05) is 6.08 Å². The van der Waals surface area contributed by atoms with Crippen LogP contribution in [0, 0.1) is 53.3 Å². The Morgan fingerprint density at radius 2 is 1.69 bits per heavy atom. The molecule has 0 aliphatic heterocycles. The van der Waals surface area contributed by atoms with Crippen LogP contribution in [0.1, 0.15) is 91.9 Å². The van der Waals surface area contributed by atoms with Crippen LogP contribution in [0.25, 0.3) is 0 Å². The number of aliphatic hydroxyl groups excluding tert-OH is 1. The summed E-state index contributed by atoms with van der Waals surface area (Å²) in [6.45, 7) is 9.62. The second-order valence-electron chi connectivity index (χ2n) is 11.5. The van der Waals surface area contributed by atoms with Crippen LogP contribution >= 0.6 is 0 Å². The van der Waals surface area contributed by atoms with E-state index in [2.05, 4.69) is 27.7 Å². The van der Waals surface area contributed by atoms with Crippen molar-refractivity contribution in [3.8, 4) is 0 Å². The van der Waals surface area contributed by atoms with Crippen LogP contribution in [0.2, 0.25) is 0 Å². The van der Waals surface area contributed by atoms with Crippen LogP contribution in [0.5, 0.6) is 0 Å². The number of allylic oxidation sites excluding steroid dienone is 1. The first kappa shape index (κ1) is 21.6. The lowest BCUT2D eigenvalue weighted by Crippen LogP contribution is -2.46. The van der Waals surface area contributed by atoms with Crippen LogP contribution in [0.15, 0.2) is 11.6 Å². The molecule has 9 atom stereocenters. The third-order valence-corrected chi connectivity index (χ3v) is 9.81.